The summed E-state index contributed by atoms with van der Waals surface area (Å²) >= 11 is 0. The summed E-state index contributed by atoms with van der Waals surface area (Å²) < 4.78 is 1.95. The molecule has 1 aromatic carbocycles. The Morgan fingerprint density at radius 2 is 1.97 bits per heavy atom. The van der Waals surface area contributed by atoms with Crippen molar-refractivity contribution in [2.75, 3.05) is 11.9 Å². The van der Waals surface area contributed by atoms with Crippen molar-refractivity contribution >= 4 is 17.5 Å². The Morgan fingerprint density at radius 3 is 2.69 bits per heavy atom. The van der Waals surface area contributed by atoms with E-state index in [0.29, 0.717) is 18.9 Å². The number of fused-ring (bicyclic) bond motifs is 2. The summed E-state index contributed by atoms with van der Waals surface area (Å²) in [5.74, 6) is 1.72. The number of likely N-dealkylation sites (tertiary alicyclic amines) is 1. The fourth-order valence-corrected chi connectivity index (χ4v) is 5.66. The summed E-state index contributed by atoms with van der Waals surface area (Å²) in [6.45, 7) is 2.85. The average Bonchev–Trinajstić information content (AvgIpc) is 3.39. The molecular weight excluding hydrogens is 364 g/mol. The minimum Gasteiger partial charge on any atom is -0.336 e. The van der Waals surface area contributed by atoms with E-state index in [9.17, 15) is 9.59 Å². The van der Waals surface area contributed by atoms with Gasteiger partial charge in [-0.3, -0.25) is 9.59 Å². The zero-order valence-electron chi connectivity index (χ0n) is 17.1. The molecule has 3 heterocycles. The van der Waals surface area contributed by atoms with E-state index in [2.05, 4.69) is 17.2 Å². The van der Waals surface area contributed by atoms with E-state index in [-0.39, 0.29) is 23.8 Å². The van der Waals surface area contributed by atoms with Crippen LogP contribution in [0.25, 0.3) is 0 Å². The highest BCUT2D eigenvalue weighted by Crippen LogP contribution is 2.54. The van der Waals surface area contributed by atoms with Gasteiger partial charge in [0.15, 0.2) is 0 Å². The van der Waals surface area contributed by atoms with Crippen molar-refractivity contribution < 1.29 is 9.59 Å². The predicted octanol–water partition coefficient (Wildman–Crippen LogP) is 3.41. The van der Waals surface area contributed by atoms with Crippen molar-refractivity contribution in [3.05, 3.63) is 48.0 Å². The molecule has 1 saturated heterocycles. The van der Waals surface area contributed by atoms with Crippen molar-refractivity contribution in [1.29, 1.82) is 0 Å². The van der Waals surface area contributed by atoms with Crippen LogP contribution in [-0.4, -0.2) is 32.8 Å². The van der Waals surface area contributed by atoms with Crippen LogP contribution in [0.4, 0.5) is 5.69 Å². The molecule has 2 aliphatic heterocycles. The van der Waals surface area contributed by atoms with Crippen LogP contribution in [0.15, 0.2) is 36.7 Å². The lowest BCUT2D eigenvalue weighted by Gasteiger charge is -2.36. The quantitative estimate of drug-likeness (QED) is 0.852. The highest BCUT2D eigenvalue weighted by atomic mass is 16.2. The minimum absolute atomic E-state index is 0.0146. The van der Waals surface area contributed by atoms with Gasteiger partial charge < -0.3 is 14.8 Å². The van der Waals surface area contributed by atoms with Gasteiger partial charge in [0.1, 0.15) is 17.3 Å². The number of rotatable bonds is 2. The molecule has 1 aliphatic carbocycles. The number of anilines is 1. The maximum Gasteiger partial charge on any atom is 0.237 e. The fraction of sp³-hybridized carbons (Fsp3) is 0.522. The van der Waals surface area contributed by atoms with Gasteiger partial charge in [-0.25, -0.2) is 4.98 Å². The lowest BCUT2D eigenvalue weighted by Crippen LogP contribution is -2.45. The minimum atomic E-state index is -0.771. The number of para-hydroxylation sites is 1. The van der Waals surface area contributed by atoms with E-state index in [0.717, 1.165) is 42.8 Å². The molecule has 5 rings (SSSR count). The summed E-state index contributed by atoms with van der Waals surface area (Å²) in [4.78, 5) is 33.6. The average molecular weight is 393 g/mol. The summed E-state index contributed by atoms with van der Waals surface area (Å²) in [5.41, 5.74) is 1.08. The molecule has 1 saturated carbocycles. The third-order valence-electron chi connectivity index (χ3n) is 7.34. The lowest BCUT2D eigenvalue weighted by molar-refractivity contribution is -0.139. The van der Waals surface area contributed by atoms with Crippen LogP contribution in [0, 0.1) is 11.8 Å². The Bertz CT molecular complexity index is 959. The third-order valence-corrected chi connectivity index (χ3v) is 7.34. The number of imidazole rings is 1. The number of amides is 2. The van der Waals surface area contributed by atoms with Crippen molar-refractivity contribution in [3.63, 3.8) is 0 Å². The Kier molecular flexibility index (Phi) is 4.26. The van der Waals surface area contributed by atoms with Crippen LogP contribution >= 0.6 is 0 Å². The SMILES string of the molecule is CC1CCC(C(=O)N2CC[C@]3(C(=O)Nc4ccccc43)[C@@H]2c2nccn2C)CC1. The molecule has 152 valence electrons. The zero-order chi connectivity index (χ0) is 20.2. The van der Waals surface area contributed by atoms with Crippen LogP contribution < -0.4 is 5.32 Å². The second kappa shape index (κ2) is 6.71. The van der Waals surface area contributed by atoms with Gasteiger partial charge in [-0.2, -0.15) is 0 Å². The maximum absolute atomic E-state index is 13.6. The number of hydrogen-bond donors (Lipinski definition) is 1. The van der Waals surface area contributed by atoms with Gasteiger partial charge in [0.25, 0.3) is 0 Å². The summed E-state index contributed by atoms with van der Waals surface area (Å²) in [6, 6.07) is 7.51. The van der Waals surface area contributed by atoms with Crippen molar-refractivity contribution in [2.45, 2.75) is 50.5 Å². The second-order valence-electron chi connectivity index (χ2n) is 9.01. The maximum atomic E-state index is 13.6. The van der Waals surface area contributed by atoms with Crippen molar-refractivity contribution in [3.8, 4) is 0 Å². The number of aromatic nitrogens is 2. The number of aryl methyl sites for hydroxylation is 1. The van der Waals surface area contributed by atoms with Crippen LogP contribution in [0.1, 0.15) is 56.5 Å². The number of nitrogens with one attached hydrogen (secondary N) is 1. The number of carbonyl (C=O) groups excluding carboxylic acids is 2. The molecule has 1 N–H and O–H groups in total. The Labute approximate surface area is 171 Å². The van der Waals surface area contributed by atoms with Gasteiger partial charge in [-0.1, -0.05) is 25.1 Å². The largest absolute Gasteiger partial charge is 0.336 e. The topological polar surface area (TPSA) is 67.2 Å². The third kappa shape index (κ3) is 2.65. The molecule has 2 atom stereocenters. The van der Waals surface area contributed by atoms with E-state index >= 15 is 0 Å². The first-order valence-corrected chi connectivity index (χ1v) is 10.7. The van der Waals surface area contributed by atoms with Crippen LogP contribution in [0.2, 0.25) is 0 Å². The van der Waals surface area contributed by atoms with Gasteiger partial charge in [-0.05, 0) is 49.7 Å². The molecule has 6 nitrogen and oxygen atoms in total. The van der Waals surface area contributed by atoms with Gasteiger partial charge in [0.05, 0.1) is 0 Å². The van der Waals surface area contributed by atoms with Gasteiger partial charge >= 0.3 is 0 Å². The fourth-order valence-electron chi connectivity index (χ4n) is 5.66. The molecule has 2 fully saturated rings. The number of hydrogen-bond acceptors (Lipinski definition) is 3. The van der Waals surface area contributed by atoms with Crippen LogP contribution in [0.5, 0.6) is 0 Å². The van der Waals surface area contributed by atoms with E-state index in [1.165, 1.54) is 0 Å². The standard InChI is InChI=1S/C23H28N4O2/c1-15-7-9-16(10-8-15)21(28)27-13-11-23(19(27)20-24-12-14-26(20)2)17-5-3-4-6-18(17)25-22(23)29/h3-6,12,14-16,19H,7-11,13H2,1-2H3,(H,25,29)/t15?,16?,19-,23+/m0/s1. The molecule has 1 aromatic heterocycles. The molecule has 2 aromatic rings. The molecule has 3 aliphatic rings. The van der Waals surface area contributed by atoms with Gasteiger partial charge in [-0.15, -0.1) is 0 Å². The Hall–Kier alpha value is -2.63. The Morgan fingerprint density at radius 1 is 1.21 bits per heavy atom. The van der Waals surface area contributed by atoms with E-state index in [4.69, 9.17) is 0 Å². The molecule has 0 radical (unpaired) electrons. The zero-order valence-corrected chi connectivity index (χ0v) is 17.1. The monoisotopic (exact) mass is 392 g/mol. The highest BCUT2D eigenvalue weighted by molar-refractivity contribution is 6.07. The van der Waals surface area contributed by atoms with E-state index in [1.807, 2.05) is 47.0 Å². The van der Waals surface area contributed by atoms with Crippen LogP contribution in [-0.2, 0) is 22.1 Å². The lowest BCUT2D eigenvalue weighted by atomic mass is 9.74. The summed E-state index contributed by atoms with van der Waals surface area (Å²) in [5, 5.41) is 3.07. The first kappa shape index (κ1) is 18.4. The number of benzene rings is 1. The van der Waals surface area contributed by atoms with Crippen LogP contribution in [0.3, 0.4) is 0 Å². The van der Waals surface area contributed by atoms with Gasteiger partial charge in [0.2, 0.25) is 11.8 Å². The number of carbonyl (C=O) groups is 2. The first-order chi connectivity index (χ1) is 14.0. The second-order valence-corrected chi connectivity index (χ2v) is 9.01. The summed E-state index contributed by atoms with van der Waals surface area (Å²) in [6.07, 6.45) is 8.37. The van der Waals surface area contributed by atoms with Crippen molar-refractivity contribution in [2.24, 2.45) is 18.9 Å². The Balaban J connectivity index is 1.59. The smallest absolute Gasteiger partial charge is 0.237 e. The predicted molar refractivity (Wildman–Crippen MR) is 110 cm³/mol. The molecule has 1 spiro atoms. The molecule has 0 unspecified atom stereocenters. The van der Waals surface area contributed by atoms with Crippen molar-refractivity contribution in [1.82, 2.24) is 14.5 Å². The highest BCUT2D eigenvalue weighted by Gasteiger charge is 2.61. The molecule has 29 heavy (non-hydrogen) atoms. The van der Waals surface area contributed by atoms with E-state index in [1.54, 1.807) is 6.20 Å². The first-order valence-electron chi connectivity index (χ1n) is 10.7. The van der Waals surface area contributed by atoms with Gasteiger partial charge in [0, 0.05) is 37.6 Å². The summed E-state index contributed by atoms with van der Waals surface area (Å²) in [7, 11) is 1.94. The molecule has 2 amide bonds. The number of nitrogens with zero attached hydrogens (tertiary/aromatic N) is 3. The molecule has 0 bridgehead atoms. The molecule has 6 heteroatoms. The molecular formula is C23H28N4O2. The normalized spacial score (nSPS) is 31.2. The van der Waals surface area contributed by atoms with E-state index < -0.39 is 5.41 Å².